The van der Waals surface area contributed by atoms with E-state index in [0.29, 0.717) is 41.4 Å². The molecule has 0 saturated carbocycles. The van der Waals surface area contributed by atoms with Crippen molar-refractivity contribution >= 4 is 28.6 Å². The maximum Gasteiger partial charge on any atom is 0.340 e. The molecule has 0 amide bonds. The second-order valence-electron chi connectivity index (χ2n) is 4.95. The van der Waals surface area contributed by atoms with Gasteiger partial charge in [0.15, 0.2) is 17.0 Å². The van der Waals surface area contributed by atoms with Gasteiger partial charge in [-0.15, -0.1) is 0 Å². The summed E-state index contributed by atoms with van der Waals surface area (Å²) >= 11 is 0. The normalized spacial score (nSPS) is 10.8. The van der Waals surface area contributed by atoms with E-state index in [0.717, 1.165) is 0 Å². The second-order valence-corrected chi connectivity index (χ2v) is 4.95. The van der Waals surface area contributed by atoms with Crippen LogP contribution in [0.15, 0.2) is 36.9 Å². The molecule has 0 saturated heterocycles. The minimum absolute atomic E-state index is 0.0100. The van der Waals surface area contributed by atoms with E-state index in [9.17, 15) is 4.79 Å². The molecule has 0 aliphatic carbocycles. The van der Waals surface area contributed by atoms with Crippen molar-refractivity contribution in [3.05, 3.63) is 42.5 Å². The Kier molecular flexibility index (Phi) is 4.66. The van der Waals surface area contributed by atoms with Crippen molar-refractivity contribution in [1.82, 2.24) is 19.5 Å². The summed E-state index contributed by atoms with van der Waals surface area (Å²) < 4.78 is 6.81. The van der Waals surface area contributed by atoms with Crippen molar-refractivity contribution in [2.24, 2.45) is 0 Å². The Morgan fingerprint density at radius 2 is 2.12 bits per heavy atom. The Morgan fingerprint density at radius 3 is 2.92 bits per heavy atom. The highest BCUT2D eigenvalue weighted by atomic mass is 16.5. The first kappa shape index (κ1) is 15.9. The van der Waals surface area contributed by atoms with Gasteiger partial charge in [0.25, 0.3) is 0 Å². The lowest BCUT2D eigenvalue weighted by Crippen LogP contribution is -2.08. The van der Waals surface area contributed by atoms with Crippen molar-refractivity contribution in [2.75, 3.05) is 18.5 Å². The molecule has 0 spiro atoms. The summed E-state index contributed by atoms with van der Waals surface area (Å²) in [6.45, 7) is 2.45. The Labute approximate surface area is 138 Å². The average Bonchev–Trinajstić information content (AvgIpc) is 3.00. The number of aromatic nitrogens is 4. The number of carbonyl (C=O) groups is 1. The Hall–Kier alpha value is -3.00. The van der Waals surface area contributed by atoms with Crippen LogP contribution in [0.4, 0.5) is 11.5 Å². The highest BCUT2D eigenvalue weighted by Gasteiger charge is 2.15. The van der Waals surface area contributed by atoms with E-state index in [4.69, 9.17) is 9.84 Å². The quantitative estimate of drug-likeness (QED) is 0.665. The molecular formula is C16H17N5O3. The zero-order valence-electron chi connectivity index (χ0n) is 13.1. The molecule has 0 bridgehead atoms. The topological polar surface area (TPSA) is 102 Å². The fraction of sp³-hybridized carbons (Fsp3) is 0.250. The lowest BCUT2D eigenvalue weighted by molar-refractivity contribution is 0.0527. The van der Waals surface area contributed by atoms with E-state index >= 15 is 0 Å². The molecule has 2 aromatic heterocycles. The molecule has 0 aliphatic heterocycles. The lowest BCUT2D eigenvalue weighted by atomic mass is 10.2. The molecule has 0 fully saturated rings. The third-order valence-electron chi connectivity index (χ3n) is 3.42. The number of hydrogen-bond acceptors (Lipinski definition) is 7. The van der Waals surface area contributed by atoms with Gasteiger partial charge < -0.3 is 19.7 Å². The van der Waals surface area contributed by atoms with Gasteiger partial charge in [0.05, 0.1) is 30.8 Å². The molecule has 3 rings (SSSR count). The maximum atomic E-state index is 12.1. The largest absolute Gasteiger partial charge is 0.462 e. The van der Waals surface area contributed by atoms with Crippen LogP contribution in [-0.4, -0.2) is 43.8 Å². The number of esters is 1. The van der Waals surface area contributed by atoms with E-state index in [-0.39, 0.29) is 6.61 Å². The number of benzene rings is 1. The van der Waals surface area contributed by atoms with Gasteiger partial charge in [0.1, 0.15) is 6.33 Å². The zero-order chi connectivity index (χ0) is 16.9. The maximum absolute atomic E-state index is 12.1. The molecule has 2 N–H and O–H groups in total. The predicted octanol–water partition coefficient (Wildman–Crippen LogP) is 1.74. The number of carbonyl (C=O) groups excluding carboxylic acids is 1. The first-order valence-corrected chi connectivity index (χ1v) is 7.54. The molecule has 0 unspecified atom stereocenters. The van der Waals surface area contributed by atoms with Gasteiger partial charge in [-0.25, -0.2) is 19.7 Å². The summed E-state index contributed by atoms with van der Waals surface area (Å²) in [5.41, 5.74) is 2.16. The number of fused-ring (bicyclic) bond motifs is 1. The van der Waals surface area contributed by atoms with E-state index in [2.05, 4.69) is 20.3 Å². The number of para-hydroxylation sites is 1. The molecule has 8 nitrogen and oxygen atoms in total. The third kappa shape index (κ3) is 3.04. The lowest BCUT2D eigenvalue weighted by Gasteiger charge is -2.11. The summed E-state index contributed by atoms with van der Waals surface area (Å²) in [5, 5.41) is 12.2. The van der Waals surface area contributed by atoms with Gasteiger partial charge in [-0.05, 0) is 19.1 Å². The minimum atomic E-state index is -0.406. The number of ether oxygens (including phenoxy) is 1. The SMILES string of the molecule is CCOC(=O)c1ccccc1Nc1ncnc2c1ncn2CCO. The number of nitrogens with zero attached hydrogens (tertiary/aromatic N) is 4. The van der Waals surface area contributed by atoms with E-state index in [1.54, 1.807) is 36.0 Å². The standard InChI is InChI=1S/C16H17N5O3/c1-2-24-16(23)11-5-3-4-6-12(11)20-14-13-15(18-9-17-14)21(7-8-22)10-19-13/h3-6,9-10,22H,2,7-8H2,1H3,(H,17,18,20). The summed E-state index contributed by atoms with van der Waals surface area (Å²) in [7, 11) is 0. The number of hydrogen-bond donors (Lipinski definition) is 2. The Balaban J connectivity index is 1.98. The van der Waals surface area contributed by atoms with Crippen LogP contribution in [0.3, 0.4) is 0 Å². The Bertz CT molecular complexity index is 862. The number of nitrogens with one attached hydrogen (secondary N) is 1. The van der Waals surface area contributed by atoms with Gasteiger partial charge >= 0.3 is 5.97 Å². The molecule has 0 aliphatic rings. The van der Waals surface area contributed by atoms with Gasteiger partial charge in [0.2, 0.25) is 0 Å². The highest BCUT2D eigenvalue weighted by molar-refractivity contribution is 5.97. The van der Waals surface area contributed by atoms with E-state index in [1.165, 1.54) is 6.33 Å². The van der Waals surface area contributed by atoms with Crippen LogP contribution in [0, 0.1) is 0 Å². The monoisotopic (exact) mass is 327 g/mol. The smallest absolute Gasteiger partial charge is 0.340 e. The average molecular weight is 327 g/mol. The number of imidazole rings is 1. The number of aliphatic hydroxyl groups is 1. The first-order chi connectivity index (χ1) is 11.7. The van der Waals surface area contributed by atoms with Crippen molar-refractivity contribution in [2.45, 2.75) is 13.5 Å². The summed E-state index contributed by atoms with van der Waals surface area (Å²) in [6.07, 6.45) is 3.01. The molecule has 1 aromatic carbocycles. The van der Waals surface area contributed by atoms with Gasteiger partial charge in [-0.3, -0.25) is 0 Å². The fourth-order valence-electron chi connectivity index (χ4n) is 2.35. The van der Waals surface area contributed by atoms with Crippen LogP contribution in [0.2, 0.25) is 0 Å². The fourth-order valence-corrected chi connectivity index (χ4v) is 2.35. The number of rotatable bonds is 6. The van der Waals surface area contributed by atoms with Gasteiger partial charge in [0, 0.05) is 6.54 Å². The molecule has 24 heavy (non-hydrogen) atoms. The summed E-state index contributed by atoms with van der Waals surface area (Å²) in [5.74, 6) is 0.0742. The van der Waals surface area contributed by atoms with Gasteiger partial charge in [-0.1, -0.05) is 12.1 Å². The van der Waals surface area contributed by atoms with Crippen molar-refractivity contribution in [3.8, 4) is 0 Å². The number of anilines is 2. The molecular weight excluding hydrogens is 310 g/mol. The zero-order valence-corrected chi connectivity index (χ0v) is 13.1. The van der Waals surface area contributed by atoms with Crippen LogP contribution in [0.5, 0.6) is 0 Å². The highest BCUT2D eigenvalue weighted by Crippen LogP contribution is 2.24. The van der Waals surface area contributed by atoms with Crippen molar-refractivity contribution < 1.29 is 14.6 Å². The molecule has 124 valence electrons. The molecule has 0 radical (unpaired) electrons. The van der Waals surface area contributed by atoms with Crippen LogP contribution in [-0.2, 0) is 11.3 Å². The predicted molar refractivity (Wildman–Crippen MR) is 88.1 cm³/mol. The van der Waals surface area contributed by atoms with Crippen molar-refractivity contribution in [3.63, 3.8) is 0 Å². The van der Waals surface area contributed by atoms with Gasteiger partial charge in [-0.2, -0.15) is 0 Å². The van der Waals surface area contributed by atoms with Crippen LogP contribution in [0.25, 0.3) is 11.2 Å². The molecule has 0 atom stereocenters. The van der Waals surface area contributed by atoms with Crippen LogP contribution >= 0.6 is 0 Å². The third-order valence-corrected chi connectivity index (χ3v) is 3.42. The second kappa shape index (κ2) is 7.05. The summed E-state index contributed by atoms with van der Waals surface area (Å²) in [4.78, 5) is 24.8. The Morgan fingerprint density at radius 1 is 1.29 bits per heavy atom. The van der Waals surface area contributed by atoms with Crippen LogP contribution in [0.1, 0.15) is 17.3 Å². The van der Waals surface area contributed by atoms with Crippen LogP contribution < -0.4 is 5.32 Å². The molecule has 3 aromatic rings. The number of aliphatic hydroxyl groups excluding tert-OH is 1. The minimum Gasteiger partial charge on any atom is -0.462 e. The molecule has 8 heteroatoms. The van der Waals surface area contributed by atoms with E-state index < -0.39 is 5.97 Å². The van der Waals surface area contributed by atoms with E-state index in [1.807, 2.05) is 6.07 Å². The summed E-state index contributed by atoms with van der Waals surface area (Å²) in [6, 6.07) is 7.03. The first-order valence-electron chi connectivity index (χ1n) is 7.54. The molecule has 2 heterocycles. The van der Waals surface area contributed by atoms with Crippen molar-refractivity contribution in [1.29, 1.82) is 0 Å².